The van der Waals surface area contributed by atoms with Crippen LogP contribution in [0, 0.1) is 5.41 Å². The molecule has 2 rings (SSSR count). The highest BCUT2D eigenvalue weighted by atomic mass is 79.9. The van der Waals surface area contributed by atoms with E-state index in [-0.39, 0.29) is 5.41 Å². The van der Waals surface area contributed by atoms with Crippen LogP contribution in [0.1, 0.15) is 43.7 Å². The molecule has 0 bridgehead atoms. The maximum absolute atomic E-state index is 6.11. The molecule has 1 heterocycles. The van der Waals surface area contributed by atoms with Crippen LogP contribution in [0.15, 0.2) is 40.9 Å². The molecular formula is C17H21BrClNS. The molecule has 1 aromatic carbocycles. The first-order chi connectivity index (χ1) is 9.85. The predicted molar refractivity (Wildman–Crippen MR) is 97.1 cm³/mol. The maximum Gasteiger partial charge on any atom is 0.107 e. The molecule has 1 aromatic heterocycles. The Labute approximate surface area is 144 Å². The van der Waals surface area contributed by atoms with Gasteiger partial charge in [-0.1, -0.05) is 62.7 Å². The van der Waals surface area contributed by atoms with Crippen molar-refractivity contribution in [2.45, 2.75) is 39.8 Å². The summed E-state index contributed by atoms with van der Waals surface area (Å²) in [6.07, 6.45) is 1.09. The van der Waals surface area contributed by atoms with Gasteiger partial charge < -0.3 is 5.32 Å². The van der Waals surface area contributed by atoms with E-state index in [4.69, 9.17) is 11.6 Å². The zero-order valence-electron chi connectivity index (χ0n) is 12.6. The summed E-state index contributed by atoms with van der Waals surface area (Å²) in [6.45, 7) is 7.68. The zero-order chi connectivity index (χ0) is 15.5. The minimum absolute atomic E-state index is 0.279. The highest BCUT2D eigenvalue weighted by Gasteiger charge is 2.20. The predicted octanol–water partition coefficient (Wildman–Crippen LogP) is 6.43. The van der Waals surface area contributed by atoms with E-state index in [1.165, 1.54) is 10.4 Å². The molecule has 1 atom stereocenters. The van der Waals surface area contributed by atoms with Crippen LogP contribution in [0.2, 0.25) is 4.34 Å². The van der Waals surface area contributed by atoms with E-state index in [9.17, 15) is 0 Å². The van der Waals surface area contributed by atoms with Gasteiger partial charge in [0.2, 0.25) is 0 Å². The molecule has 0 aliphatic heterocycles. The number of hydrogen-bond donors (Lipinski definition) is 1. The van der Waals surface area contributed by atoms with Crippen LogP contribution in [0.5, 0.6) is 0 Å². The second kappa shape index (κ2) is 7.28. The molecule has 0 fully saturated rings. The fraction of sp³-hybridized carbons (Fsp3) is 0.412. The zero-order valence-corrected chi connectivity index (χ0v) is 15.8. The molecule has 0 saturated carbocycles. The molecule has 4 heteroatoms. The van der Waals surface area contributed by atoms with Gasteiger partial charge in [-0.3, -0.25) is 0 Å². The third-order valence-electron chi connectivity index (χ3n) is 3.24. The van der Waals surface area contributed by atoms with E-state index < -0.39 is 0 Å². The number of halogens is 2. The van der Waals surface area contributed by atoms with Crippen molar-refractivity contribution in [1.82, 2.24) is 5.32 Å². The fourth-order valence-electron chi connectivity index (χ4n) is 2.31. The van der Waals surface area contributed by atoms with Gasteiger partial charge in [0, 0.05) is 21.9 Å². The van der Waals surface area contributed by atoms with E-state index in [0.29, 0.717) is 6.04 Å². The quantitative estimate of drug-likeness (QED) is 0.624. The van der Waals surface area contributed by atoms with Crippen LogP contribution < -0.4 is 5.32 Å². The van der Waals surface area contributed by atoms with Crippen molar-refractivity contribution in [3.63, 3.8) is 0 Å². The Morgan fingerprint density at radius 3 is 2.43 bits per heavy atom. The van der Waals surface area contributed by atoms with Gasteiger partial charge in [0.15, 0.2) is 0 Å². The second-order valence-corrected chi connectivity index (χ2v) is 9.04. The number of benzene rings is 1. The molecular weight excluding hydrogens is 366 g/mol. The lowest BCUT2D eigenvalue weighted by Gasteiger charge is -2.27. The van der Waals surface area contributed by atoms with Gasteiger partial charge in [0.1, 0.15) is 4.34 Å². The summed E-state index contributed by atoms with van der Waals surface area (Å²) in [6, 6.07) is 13.1. The van der Waals surface area contributed by atoms with Crippen molar-refractivity contribution in [3.8, 4) is 0 Å². The topological polar surface area (TPSA) is 12.0 Å². The van der Waals surface area contributed by atoms with Crippen molar-refractivity contribution in [2.24, 2.45) is 5.41 Å². The lowest BCUT2D eigenvalue weighted by atomic mass is 9.85. The van der Waals surface area contributed by atoms with Crippen LogP contribution in [-0.2, 0) is 6.54 Å². The standard InChI is InChI=1S/C17H21BrClNS/c1-17(2,3)10-15(12-7-5-4-6-8-12)20-11-13-9-14(18)16(19)21-13/h4-9,15,20H,10-11H2,1-3H3. The maximum atomic E-state index is 6.11. The first-order valence-electron chi connectivity index (χ1n) is 7.07. The summed E-state index contributed by atoms with van der Waals surface area (Å²) in [5.41, 5.74) is 1.62. The molecule has 1 nitrogen and oxygen atoms in total. The Morgan fingerprint density at radius 2 is 1.90 bits per heavy atom. The number of thiophene rings is 1. The van der Waals surface area contributed by atoms with Crippen LogP contribution in [0.3, 0.4) is 0 Å². The molecule has 0 spiro atoms. The first-order valence-corrected chi connectivity index (χ1v) is 9.06. The van der Waals surface area contributed by atoms with E-state index >= 15 is 0 Å². The second-order valence-electron chi connectivity index (χ2n) is 6.44. The Balaban J connectivity index is 2.09. The lowest BCUT2D eigenvalue weighted by Crippen LogP contribution is -2.25. The lowest BCUT2D eigenvalue weighted by molar-refractivity contribution is 0.310. The van der Waals surface area contributed by atoms with Crippen LogP contribution >= 0.6 is 38.9 Å². The van der Waals surface area contributed by atoms with Gasteiger partial charge in [-0.2, -0.15) is 0 Å². The van der Waals surface area contributed by atoms with Gasteiger partial charge >= 0.3 is 0 Å². The summed E-state index contributed by atoms with van der Waals surface area (Å²) in [5, 5.41) is 3.68. The molecule has 21 heavy (non-hydrogen) atoms. The Hall–Kier alpha value is -0.350. The van der Waals surface area contributed by atoms with E-state index in [2.05, 4.69) is 78.4 Å². The number of nitrogens with one attached hydrogen (secondary N) is 1. The van der Waals surface area contributed by atoms with E-state index in [1.54, 1.807) is 11.3 Å². The van der Waals surface area contributed by atoms with Crippen LogP contribution in [-0.4, -0.2) is 0 Å². The van der Waals surface area contributed by atoms with Gasteiger partial charge in [0.25, 0.3) is 0 Å². The largest absolute Gasteiger partial charge is 0.305 e. The summed E-state index contributed by atoms with van der Waals surface area (Å²) in [5.74, 6) is 0. The van der Waals surface area contributed by atoms with Gasteiger partial charge in [0.05, 0.1) is 0 Å². The van der Waals surface area contributed by atoms with Crippen molar-refractivity contribution in [1.29, 1.82) is 0 Å². The molecule has 0 aliphatic rings. The highest BCUT2D eigenvalue weighted by molar-refractivity contribution is 9.10. The number of rotatable bonds is 5. The van der Waals surface area contributed by atoms with Crippen molar-refractivity contribution < 1.29 is 0 Å². The van der Waals surface area contributed by atoms with Crippen LogP contribution in [0.4, 0.5) is 0 Å². The molecule has 1 N–H and O–H groups in total. The van der Waals surface area contributed by atoms with E-state index in [0.717, 1.165) is 21.8 Å². The molecule has 2 aromatic rings. The average molecular weight is 387 g/mol. The molecule has 114 valence electrons. The molecule has 0 saturated heterocycles. The molecule has 0 amide bonds. The summed E-state index contributed by atoms with van der Waals surface area (Å²) < 4.78 is 1.80. The third-order valence-corrected chi connectivity index (χ3v) is 5.71. The SMILES string of the molecule is CC(C)(C)CC(NCc1cc(Br)c(Cl)s1)c1ccccc1. The van der Waals surface area contributed by atoms with Crippen molar-refractivity contribution in [3.05, 3.63) is 55.6 Å². The minimum atomic E-state index is 0.279. The minimum Gasteiger partial charge on any atom is -0.305 e. The van der Waals surface area contributed by atoms with Crippen molar-refractivity contribution >= 4 is 38.9 Å². The summed E-state index contributed by atoms with van der Waals surface area (Å²) in [7, 11) is 0. The smallest absolute Gasteiger partial charge is 0.107 e. The average Bonchev–Trinajstić information content (AvgIpc) is 2.73. The van der Waals surface area contributed by atoms with Gasteiger partial charge in [-0.05, 0) is 39.4 Å². The fourth-order valence-corrected chi connectivity index (χ4v) is 4.05. The Bertz CT molecular complexity index is 555. The highest BCUT2D eigenvalue weighted by Crippen LogP contribution is 2.33. The molecule has 1 unspecified atom stereocenters. The van der Waals surface area contributed by atoms with Gasteiger partial charge in [-0.25, -0.2) is 0 Å². The number of hydrogen-bond acceptors (Lipinski definition) is 2. The first kappa shape index (κ1) is 17.0. The Morgan fingerprint density at radius 1 is 1.24 bits per heavy atom. The third kappa shape index (κ3) is 5.41. The molecule has 0 radical (unpaired) electrons. The normalized spacial score (nSPS) is 13.4. The van der Waals surface area contributed by atoms with Crippen molar-refractivity contribution in [2.75, 3.05) is 0 Å². The van der Waals surface area contributed by atoms with E-state index in [1.807, 2.05) is 0 Å². The Kier molecular flexibility index (Phi) is 5.89. The van der Waals surface area contributed by atoms with Crippen LogP contribution in [0.25, 0.3) is 0 Å². The monoisotopic (exact) mass is 385 g/mol. The van der Waals surface area contributed by atoms with Gasteiger partial charge in [-0.15, -0.1) is 11.3 Å². The molecule has 0 aliphatic carbocycles. The summed E-state index contributed by atoms with van der Waals surface area (Å²) in [4.78, 5) is 1.25. The summed E-state index contributed by atoms with van der Waals surface area (Å²) >= 11 is 11.2.